The van der Waals surface area contributed by atoms with Crippen LogP contribution in [0.25, 0.3) is 5.69 Å². The average molecular weight is 442 g/mol. The smallest absolute Gasteiger partial charge is 0.272 e. The Labute approximate surface area is 191 Å². The maximum atomic E-state index is 13.3. The zero-order valence-corrected chi connectivity index (χ0v) is 18.0. The third kappa shape index (κ3) is 4.62. The van der Waals surface area contributed by atoms with E-state index in [9.17, 15) is 9.18 Å². The van der Waals surface area contributed by atoms with E-state index in [-0.39, 0.29) is 11.7 Å². The monoisotopic (exact) mass is 442 g/mol. The van der Waals surface area contributed by atoms with E-state index in [2.05, 4.69) is 15.4 Å². The fourth-order valence-corrected chi connectivity index (χ4v) is 4.03. The van der Waals surface area contributed by atoms with Gasteiger partial charge in [-0.2, -0.15) is 5.10 Å². The second-order valence-corrected chi connectivity index (χ2v) is 7.95. The maximum absolute atomic E-state index is 13.3. The molecule has 0 atom stereocenters. The first-order valence-corrected chi connectivity index (χ1v) is 10.9. The Morgan fingerprint density at radius 3 is 2.61 bits per heavy atom. The number of hydrogen-bond donors (Lipinski definition) is 1. The predicted octanol–water partition coefficient (Wildman–Crippen LogP) is 4.40. The highest BCUT2D eigenvalue weighted by Crippen LogP contribution is 2.28. The van der Waals surface area contributed by atoms with E-state index in [1.54, 1.807) is 23.0 Å². The number of aromatic nitrogens is 3. The van der Waals surface area contributed by atoms with Crippen LogP contribution < -0.4 is 10.1 Å². The van der Waals surface area contributed by atoms with Crippen molar-refractivity contribution in [3.05, 3.63) is 107 Å². The lowest BCUT2D eigenvalue weighted by Crippen LogP contribution is -2.24. The van der Waals surface area contributed by atoms with Gasteiger partial charge in [0.1, 0.15) is 18.2 Å². The fourth-order valence-electron chi connectivity index (χ4n) is 4.03. The Hall–Kier alpha value is -4.00. The zero-order valence-electron chi connectivity index (χ0n) is 18.0. The van der Waals surface area contributed by atoms with Crippen LogP contribution in [0.2, 0.25) is 0 Å². The molecule has 1 aliphatic rings. The minimum absolute atomic E-state index is 0.204. The molecule has 4 aromatic rings. The summed E-state index contributed by atoms with van der Waals surface area (Å²) in [6, 6.07) is 19.5. The normalized spacial score (nSPS) is 12.4. The number of carbonyl (C=O) groups is 1. The van der Waals surface area contributed by atoms with Gasteiger partial charge in [-0.05, 0) is 73.4 Å². The number of nitrogens with one attached hydrogen (secondary N) is 1. The molecule has 5 rings (SSSR count). The van der Waals surface area contributed by atoms with Crippen molar-refractivity contribution < 1.29 is 13.9 Å². The van der Waals surface area contributed by atoms with Gasteiger partial charge in [-0.3, -0.25) is 9.78 Å². The molecule has 0 unspecified atom stereocenters. The summed E-state index contributed by atoms with van der Waals surface area (Å²) >= 11 is 0. The van der Waals surface area contributed by atoms with Crippen molar-refractivity contribution in [1.82, 2.24) is 20.1 Å². The van der Waals surface area contributed by atoms with E-state index in [1.807, 2.05) is 42.5 Å². The third-order valence-electron chi connectivity index (χ3n) is 5.71. The second-order valence-electron chi connectivity index (χ2n) is 7.95. The largest absolute Gasteiger partial charge is 0.487 e. The van der Waals surface area contributed by atoms with Gasteiger partial charge >= 0.3 is 0 Å². The Kier molecular flexibility index (Phi) is 5.85. The van der Waals surface area contributed by atoms with E-state index in [0.29, 0.717) is 18.8 Å². The molecule has 1 N–H and O–H groups in total. The maximum Gasteiger partial charge on any atom is 0.272 e. The lowest BCUT2D eigenvalue weighted by Gasteiger charge is -2.08. The molecule has 0 saturated carbocycles. The van der Waals surface area contributed by atoms with Crippen molar-refractivity contribution in [2.24, 2.45) is 0 Å². The van der Waals surface area contributed by atoms with E-state index in [0.717, 1.165) is 53.2 Å². The molecule has 6 nitrogen and oxygen atoms in total. The number of halogens is 1. The van der Waals surface area contributed by atoms with Gasteiger partial charge in [0, 0.05) is 24.0 Å². The first-order chi connectivity index (χ1) is 16.2. The number of nitrogens with zero attached hydrogens (tertiary/aromatic N) is 3. The highest BCUT2D eigenvalue weighted by Gasteiger charge is 2.26. The molecular formula is C26H23FN4O2. The molecule has 0 bridgehead atoms. The summed E-state index contributed by atoms with van der Waals surface area (Å²) in [5, 5.41) is 7.54. The molecule has 2 aromatic carbocycles. The highest BCUT2D eigenvalue weighted by molar-refractivity contribution is 5.94. The Morgan fingerprint density at radius 1 is 1.03 bits per heavy atom. The van der Waals surface area contributed by atoms with Crippen molar-refractivity contribution in [3.8, 4) is 11.4 Å². The van der Waals surface area contributed by atoms with Crippen LogP contribution in [0.1, 0.15) is 39.4 Å². The summed E-state index contributed by atoms with van der Waals surface area (Å²) in [7, 11) is 0. The molecule has 0 fully saturated rings. The van der Waals surface area contributed by atoms with E-state index < -0.39 is 0 Å². The van der Waals surface area contributed by atoms with Gasteiger partial charge in [-0.25, -0.2) is 9.07 Å². The second kappa shape index (κ2) is 9.24. The summed E-state index contributed by atoms with van der Waals surface area (Å²) in [5.41, 5.74) is 5.04. The number of pyridine rings is 1. The van der Waals surface area contributed by atoms with Crippen molar-refractivity contribution in [2.45, 2.75) is 32.4 Å². The van der Waals surface area contributed by atoms with Gasteiger partial charge in [-0.1, -0.05) is 18.2 Å². The summed E-state index contributed by atoms with van der Waals surface area (Å²) in [5.74, 6) is 0.241. The Balaban J connectivity index is 1.23. The molecule has 33 heavy (non-hydrogen) atoms. The summed E-state index contributed by atoms with van der Waals surface area (Å²) in [6.07, 6.45) is 4.39. The van der Waals surface area contributed by atoms with Gasteiger partial charge in [-0.15, -0.1) is 0 Å². The number of benzene rings is 2. The van der Waals surface area contributed by atoms with Crippen LogP contribution >= 0.6 is 0 Å². The molecule has 2 heterocycles. The molecule has 2 aromatic heterocycles. The van der Waals surface area contributed by atoms with Crippen molar-refractivity contribution >= 4 is 5.91 Å². The van der Waals surface area contributed by atoms with Gasteiger partial charge in [0.05, 0.1) is 11.4 Å². The van der Waals surface area contributed by atoms with Crippen molar-refractivity contribution in [2.75, 3.05) is 0 Å². The number of ether oxygens (including phenoxy) is 1. The number of amides is 1. The van der Waals surface area contributed by atoms with Crippen LogP contribution in [0.5, 0.6) is 5.75 Å². The van der Waals surface area contributed by atoms with Crippen LogP contribution in [-0.4, -0.2) is 20.7 Å². The molecule has 0 saturated heterocycles. The van der Waals surface area contributed by atoms with E-state index in [1.165, 1.54) is 12.1 Å². The summed E-state index contributed by atoms with van der Waals surface area (Å²) in [6.45, 7) is 0.788. The predicted molar refractivity (Wildman–Crippen MR) is 122 cm³/mol. The summed E-state index contributed by atoms with van der Waals surface area (Å²) in [4.78, 5) is 17.2. The number of fused-ring (bicyclic) bond motifs is 1. The number of hydrogen-bond acceptors (Lipinski definition) is 4. The molecule has 1 amide bonds. The van der Waals surface area contributed by atoms with Crippen LogP contribution in [0.15, 0.2) is 72.9 Å². The zero-order chi connectivity index (χ0) is 22.6. The van der Waals surface area contributed by atoms with Crippen molar-refractivity contribution in [1.29, 1.82) is 0 Å². The van der Waals surface area contributed by atoms with E-state index >= 15 is 0 Å². The average Bonchev–Trinajstić information content (AvgIpc) is 3.46. The Bertz CT molecular complexity index is 1250. The number of rotatable bonds is 7. The highest BCUT2D eigenvalue weighted by atomic mass is 19.1. The first-order valence-electron chi connectivity index (χ1n) is 10.9. The van der Waals surface area contributed by atoms with Crippen LogP contribution in [0.4, 0.5) is 4.39 Å². The fraction of sp³-hybridized carbons (Fsp3) is 0.192. The minimum atomic E-state index is -0.298. The van der Waals surface area contributed by atoms with Gasteiger partial charge in [0.15, 0.2) is 5.69 Å². The lowest BCUT2D eigenvalue weighted by atomic mass is 10.1. The van der Waals surface area contributed by atoms with Crippen LogP contribution in [-0.2, 0) is 26.0 Å². The van der Waals surface area contributed by atoms with Crippen LogP contribution in [0.3, 0.4) is 0 Å². The molecule has 166 valence electrons. The van der Waals surface area contributed by atoms with Crippen molar-refractivity contribution in [3.63, 3.8) is 0 Å². The molecule has 7 heteroatoms. The first kappa shape index (κ1) is 20.9. The molecule has 0 spiro atoms. The Morgan fingerprint density at radius 2 is 1.85 bits per heavy atom. The molecule has 0 aliphatic heterocycles. The molecule has 0 radical (unpaired) electrons. The van der Waals surface area contributed by atoms with Gasteiger partial charge in [0.25, 0.3) is 5.91 Å². The van der Waals surface area contributed by atoms with Gasteiger partial charge < -0.3 is 10.1 Å². The SMILES string of the molecule is O=C(NCc1ccc(OCc2ccccn2)cc1)c1nn(-c2ccc(F)cc2)c2c1CCC2. The van der Waals surface area contributed by atoms with Gasteiger partial charge in [0.2, 0.25) is 0 Å². The van der Waals surface area contributed by atoms with E-state index in [4.69, 9.17) is 4.74 Å². The third-order valence-corrected chi connectivity index (χ3v) is 5.71. The number of carbonyl (C=O) groups excluding carboxylic acids is 1. The molecule has 1 aliphatic carbocycles. The minimum Gasteiger partial charge on any atom is -0.487 e. The quantitative estimate of drug-likeness (QED) is 0.461. The van der Waals surface area contributed by atoms with Crippen LogP contribution in [0, 0.1) is 5.82 Å². The molecular weight excluding hydrogens is 419 g/mol. The lowest BCUT2D eigenvalue weighted by molar-refractivity contribution is 0.0944. The standard InChI is InChI=1S/C26H23FN4O2/c27-19-9-11-21(12-10-19)31-24-6-3-5-23(24)25(30-31)26(32)29-16-18-7-13-22(14-8-18)33-17-20-4-1-2-15-28-20/h1-2,4,7-15H,3,5-6,16-17H2,(H,29,32). The topological polar surface area (TPSA) is 69.0 Å². The summed E-state index contributed by atoms with van der Waals surface area (Å²) < 4.78 is 20.8.